The first-order valence-electron chi connectivity index (χ1n) is 8.97. The van der Waals surface area contributed by atoms with E-state index in [2.05, 4.69) is 33.9 Å². The molecule has 0 spiro atoms. The molecule has 27 heavy (non-hydrogen) atoms. The Labute approximate surface area is 159 Å². The topological polar surface area (TPSA) is 65.5 Å². The first kappa shape index (κ1) is 17.3. The van der Waals surface area contributed by atoms with Gasteiger partial charge < -0.3 is 20.1 Å². The van der Waals surface area contributed by atoms with Gasteiger partial charge in [-0.2, -0.15) is 5.10 Å². The highest BCUT2D eigenvalue weighted by atomic mass is 16.5. The van der Waals surface area contributed by atoms with Gasteiger partial charge in [0.05, 0.1) is 32.6 Å². The molecule has 0 aliphatic carbocycles. The number of fused-ring (bicyclic) bond motifs is 3. The van der Waals surface area contributed by atoms with Crippen LogP contribution < -0.4 is 20.1 Å². The zero-order chi connectivity index (χ0) is 19.0. The molecule has 0 radical (unpaired) electrons. The molecule has 0 fully saturated rings. The molecular weight excluding hydrogens is 340 g/mol. The minimum absolute atomic E-state index is 0.639. The lowest BCUT2D eigenvalue weighted by atomic mass is 10.0. The first-order chi connectivity index (χ1) is 13.1. The summed E-state index contributed by atoms with van der Waals surface area (Å²) in [5.41, 5.74) is 12.6. The van der Waals surface area contributed by atoms with E-state index in [4.69, 9.17) is 15.2 Å². The van der Waals surface area contributed by atoms with Crippen LogP contribution in [-0.4, -0.2) is 37.6 Å². The Morgan fingerprint density at radius 3 is 2.56 bits per heavy atom. The van der Waals surface area contributed by atoms with E-state index in [0.717, 1.165) is 42.1 Å². The lowest BCUT2D eigenvalue weighted by Crippen LogP contribution is -2.20. The molecule has 1 aliphatic heterocycles. The molecule has 0 unspecified atom stereocenters. The van der Waals surface area contributed by atoms with Crippen molar-refractivity contribution < 1.29 is 9.47 Å². The van der Waals surface area contributed by atoms with E-state index in [1.807, 2.05) is 30.5 Å². The molecule has 0 atom stereocenters. The smallest absolute Gasteiger partial charge is 0.143 e. The monoisotopic (exact) mass is 364 g/mol. The van der Waals surface area contributed by atoms with Crippen molar-refractivity contribution in [2.75, 3.05) is 38.4 Å². The fraction of sp³-hybridized carbons (Fsp3) is 0.286. The summed E-state index contributed by atoms with van der Waals surface area (Å²) in [4.78, 5) is 2.25. The summed E-state index contributed by atoms with van der Waals surface area (Å²) in [6.45, 7) is 1.63. The zero-order valence-corrected chi connectivity index (χ0v) is 15.9. The van der Waals surface area contributed by atoms with Crippen molar-refractivity contribution in [1.82, 2.24) is 9.78 Å². The predicted octanol–water partition coefficient (Wildman–Crippen LogP) is 3.19. The Hall–Kier alpha value is -3.15. The van der Waals surface area contributed by atoms with Crippen LogP contribution in [0.4, 0.5) is 11.4 Å². The van der Waals surface area contributed by atoms with Gasteiger partial charge in [0.2, 0.25) is 0 Å². The molecule has 1 aromatic heterocycles. The molecule has 1 aliphatic rings. The number of hydrogen-bond acceptors (Lipinski definition) is 5. The van der Waals surface area contributed by atoms with E-state index in [1.165, 1.54) is 11.3 Å². The summed E-state index contributed by atoms with van der Waals surface area (Å²) in [6.07, 6.45) is 2.86. The molecule has 3 aromatic rings. The van der Waals surface area contributed by atoms with Gasteiger partial charge in [-0.3, -0.25) is 4.68 Å². The minimum Gasteiger partial charge on any atom is -0.497 e. The molecule has 0 saturated carbocycles. The predicted molar refractivity (Wildman–Crippen MR) is 108 cm³/mol. The van der Waals surface area contributed by atoms with Crippen LogP contribution in [0, 0.1) is 0 Å². The quantitative estimate of drug-likeness (QED) is 0.720. The second-order valence-electron chi connectivity index (χ2n) is 6.79. The highest BCUT2D eigenvalue weighted by molar-refractivity contribution is 5.85. The molecule has 0 saturated heterocycles. The average Bonchev–Trinajstić information content (AvgIpc) is 3.02. The molecule has 2 aromatic carbocycles. The Morgan fingerprint density at radius 2 is 1.85 bits per heavy atom. The minimum atomic E-state index is 0.639. The Bertz CT molecular complexity index is 963. The molecule has 6 heteroatoms. The van der Waals surface area contributed by atoms with Gasteiger partial charge in [-0.15, -0.1) is 0 Å². The van der Waals surface area contributed by atoms with Crippen LogP contribution in [0.3, 0.4) is 0 Å². The third-order valence-corrected chi connectivity index (χ3v) is 5.17. The van der Waals surface area contributed by atoms with Crippen LogP contribution in [0.15, 0.2) is 42.6 Å². The standard InChI is InChI=1S/C21H24N4O2/c1-24-9-8-19-17(16-10-18(22)21(27-3)11-20(16)24)12-23-25(19)13-14-4-6-15(26-2)7-5-14/h4-7,10-12H,8-9,13,22H2,1-3H3. The van der Waals surface area contributed by atoms with Crippen LogP contribution in [0.1, 0.15) is 11.3 Å². The van der Waals surface area contributed by atoms with Gasteiger partial charge in [-0.05, 0) is 23.8 Å². The van der Waals surface area contributed by atoms with E-state index in [9.17, 15) is 0 Å². The second-order valence-corrected chi connectivity index (χ2v) is 6.79. The van der Waals surface area contributed by atoms with Gasteiger partial charge in [-0.1, -0.05) is 12.1 Å². The summed E-state index contributed by atoms with van der Waals surface area (Å²) in [6, 6.07) is 12.1. The number of rotatable bonds is 4. The van der Waals surface area contributed by atoms with Crippen molar-refractivity contribution >= 4 is 11.4 Å². The van der Waals surface area contributed by atoms with Crippen LogP contribution in [-0.2, 0) is 13.0 Å². The molecule has 0 amide bonds. The van der Waals surface area contributed by atoms with Crippen molar-refractivity contribution in [2.45, 2.75) is 13.0 Å². The second kappa shape index (κ2) is 6.87. The van der Waals surface area contributed by atoms with Gasteiger partial charge in [-0.25, -0.2) is 0 Å². The van der Waals surface area contributed by atoms with E-state index in [0.29, 0.717) is 11.4 Å². The van der Waals surface area contributed by atoms with E-state index in [-0.39, 0.29) is 0 Å². The number of likely N-dealkylation sites (N-methyl/N-ethyl adjacent to an activating group) is 1. The Morgan fingerprint density at radius 1 is 1.07 bits per heavy atom. The van der Waals surface area contributed by atoms with Crippen LogP contribution in [0.5, 0.6) is 11.5 Å². The molecule has 4 rings (SSSR count). The maximum Gasteiger partial charge on any atom is 0.143 e. The third-order valence-electron chi connectivity index (χ3n) is 5.17. The maximum atomic E-state index is 6.18. The molecule has 2 N–H and O–H groups in total. The van der Waals surface area contributed by atoms with Crippen LogP contribution >= 0.6 is 0 Å². The summed E-state index contributed by atoms with van der Waals surface area (Å²) in [5.74, 6) is 1.56. The number of aromatic nitrogens is 2. The molecule has 140 valence electrons. The lowest BCUT2D eigenvalue weighted by Gasteiger charge is -2.21. The molecule has 2 heterocycles. The van der Waals surface area contributed by atoms with Gasteiger partial charge in [0.15, 0.2) is 0 Å². The highest BCUT2D eigenvalue weighted by Crippen LogP contribution is 2.41. The first-order valence-corrected chi connectivity index (χ1v) is 8.97. The van der Waals surface area contributed by atoms with Gasteiger partial charge in [0.1, 0.15) is 11.5 Å². The van der Waals surface area contributed by atoms with Crippen molar-refractivity contribution in [3.05, 3.63) is 53.9 Å². The summed E-state index contributed by atoms with van der Waals surface area (Å²) in [5, 5.41) is 4.67. The van der Waals surface area contributed by atoms with Crippen LogP contribution in [0.25, 0.3) is 11.1 Å². The fourth-order valence-electron chi connectivity index (χ4n) is 3.63. The van der Waals surface area contributed by atoms with Crippen molar-refractivity contribution in [3.8, 4) is 22.6 Å². The number of methoxy groups -OCH3 is 2. The summed E-state index contributed by atoms with van der Waals surface area (Å²) in [7, 11) is 5.42. The Balaban J connectivity index is 1.74. The summed E-state index contributed by atoms with van der Waals surface area (Å²) >= 11 is 0. The third kappa shape index (κ3) is 3.07. The highest BCUT2D eigenvalue weighted by Gasteiger charge is 2.23. The zero-order valence-electron chi connectivity index (χ0n) is 15.9. The number of nitrogens with zero attached hydrogens (tertiary/aromatic N) is 3. The van der Waals surface area contributed by atoms with Crippen molar-refractivity contribution in [1.29, 1.82) is 0 Å². The number of nitrogens with two attached hydrogens (primary N) is 1. The largest absolute Gasteiger partial charge is 0.497 e. The maximum absolute atomic E-state index is 6.18. The van der Waals surface area contributed by atoms with E-state index in [1.54, 1.807) is 14.2 Å². The van der Waals surface area contributed by atoms with Crippen molar-refractivity contribution in [2.24, 2.45) is 0 Å². The number of anilines is 2. The normalized spacial score (nSPS) is 12.9. The SMILES string of the molecule is COc1ccc(Cn2ncc3c2CCN(C)c2cc(OC)c(N)cc2-3)cc1. The van der Waals surface area contributed by atoms with Gasteiger partial charge >= 0.3 is 0 Å². The lowest BCUT2D eigenvalue weighted by molar-refractivity contribution is 0.414. The van der Waals surface area contributed by atoms with Gasteiger partial charge in [0.25, 0.3) is 0 Å². The van der Waals surface area contributed by atoms with E-state index >= 15 is 0 Å². The molecule has 6 nitrogen and oxygen atoms in total. The van der Waals surface area contributed by atoms with Crippen LogP contribution in [0.2, 0.25) is 0 Å². The van der Waals surface area contributed by atoms with Gasteiger partial charge in [0, 0.05) is 48.6 Å². The average molecular weight is 364 g/mol. The Kier molecular flexibility index (Phi) is 4.39. The number of ether oxygens (including phenoxy) is 2. The van der Waals surface area contributed by atoms with Crippen molar-refractivity contribution in [3.63, 3.8) is 0 Å². The summed E-state index contributed by atoms with van der Waals surface area (Å²) < 4.78 is 12.7. The number of nitrogen functional groups attached to an aromatic ring is 1. The fourth-order valence-corrected chi connectivity index (χ4v) is 3.63. The van der Waals surface area contributed by atoms with E-state index < -0.39 is 0 Å². The number of benzene rings is 2. The number of hydrogen-bond donors (Lipinski definition) is 1. The molecule has 0 bridgehead atoms. The molecular formula is C21H24N4O2.